The Kier molecular flexibility index (Phi) is 6.63. The molecule has 0 bridgehead atoms. The second-order valence-electron chi connectivity index (χ2n) is 6.46. The van der Waals surface area contributed by atoms with Crippen LogP contribution in [0.25, 0.3) is 0 Å². The molecule has 1 N–H and O–H groups in total. The van der Waals surface area contributed by atoms with Crippen LogP contribution < -0.4 is 10.2 Å². The summed E-state index contributed by atoms with van der Waals surface area (Å²) in [6.07, 6.45) is 3.43. The van der Waals surface area contributed by atoms with Gasteiger partial charge in [-0.2, -0.15) is 4.31 Å². The summed E-state index contributed by atoms with van der Waals surface area (Å²) in [6, 6.07) is 8.83. The van der Waals surface area contributed by atoms with Crippen molar-refractivity contribution in [2.75, 3.05) is 38.6 Å². The summed E-state index contributed by atoms with van der Waals surface area (Å²) >= 11 is 0. The van der Waals surface area contributed by atoms with Crippen molar-refractivity contribution in [1.82, 2.24) is 14.6 Å². The molecule has 1 aromatic carbocycles. The summed E-state index contributed by atoms with van der Waals surface area (Å²) in [5.74, 6) is 0. The Labute approximate surface area is 161 Å². The average Bonchev–Trinajstić information content (AvgIpc) is 2.62. The summed E-state index contributed by atoms with van der Waals surface area (Å²) in [6.45, 7) is 3.64. The van der Waals surface area contributed by atoms with Gasteiger partial charge in [-0.3, -0.25) is 4.98 Å². The van der Waals surface area contributed by atoms with Gasteiger partial charge in [0.15, 0.2) is 0 Å². The molecule has 1 aliphatic rings. The van der Waals surface area contributed by atoms with Crippen LogP contribution in [0.2, 0.25) is 0 Å². The lowest BCUT2D eigenvalue weighted by Gasteiger charge is -2.35. The second kappa shape index (κ2) is 8.35. The molecule has 1 aromatic heterocycles. The molecule has 142 valence electrons. The third-order valence-electron chi connectivity index (χ3n) is 4.53. The van der Waals surface area contributed by atoms with E-state index >= 15 is 0 Å². The first-order chi connectivity index (χ1) is 11.9. The number of rotatable bonds is 4. The zero-order chi connectivity index (χ0) is 18.0. The van der Waals surface area contributed by atoms with Gasteiger partial charge in [-0.05, 0) is 36.2 Å². The van der Waals surface area contributed by atoms with E-state index in [1.807, 2.05) is 44.1 Å². The van der Waals surface area contributed by atoms with Crippen LogP contribution >= 0.6 is 12.4 Å². The minimum absolute atomic E-state index is 0. The maximum atomic E-state index is 13.3. The Morgan fingerprint density at radius 1 is 1.27 bits per heavy atom. The van der Waals surface area contributed by atoms with Crippen LogP contribution in [0.3, 0.4) is 0 Å². The van der Waals surface area contributed by atoms with Crippen LogP contribution in [0.5, 0.6) is 0 Å². The molecule has 0 spiro atoms. The predicted octanol–water partition coefficient (Wildman–Crippen LogP) is 2.21. The van der Waals surface area contributed by atoms with Crippen molar-refractivity contribution in [2.24, 2.45) is 0 Å². The number of aryl methyl sites for hydroxylation is 1. The number of aromatic nitrogens is 1. The smallest absolute Gasteiger partial charge is 0.243 e. The molecule has 2 aromatic rings. The van der Waals surface area contributed by atoms with Crippen LogP contribution in [0.15, 0.2) is 47.6 Å². The number of benzene rings is 1. The van der Waals surface area contributed by atoms with Gasteiger partial charge in [-0.25, -0.2) is 8.42 Å². The Morgan fingerprint density at radius 3 is 2.69 bits per heavy atom. The first-order valence-electron chi connectivity index (χ1n) is 8.31. The van der Waals surface area contributed by atoms with Gasteiger partial charge in [0.25, 0.3) is 0 Å². The van der Waals surface area contributed by atoms with Crippen LogP contribution in [0.1, 0.15) is 17.2 Å². The highest BCUT2D eigenvalue weighted by molar-refractivity contribution is 7.89. The summed E-state index contributed by atoms with van der Waals surface area (Å²) in [7, 11) is 0.244. The highest BCUT2D eigenvalue weighted by Gasteiger charge is 2.34. The minimum atomic E-state index is -3.59. The molecule has 1 fully saturated rings. The van der Waals surface area contributed by atoms with Crippen LogP contribution in [-0.2, 0) is 10.0 Å². The fraction of sp³-hybridized carbons (Fsp3) is 0.389. The minimum Gasteiger partial charge on any atom is -0.377 e. The molecule has 1 atom stereocenters. The van der Waals surface area contributed by atoms with E-state index in [2.05, 4.69) is 10.3 Å². The molecule has 1 aliphatic heterocycles. The number of sulfonamides is 1. The third kappa shape index (κ3) is 4.01. The number of piperazine rings is 1. The Balaban J connectivity index is 0.00000243. The monoisotopic (exact) mass is 396 g/mol. The number of nitrogens with zero attached hydrogens (tertiary/aromatic N) is 3. The standard InChI is InChI=1S/C18H24N4O2S.ClH/c1-14-6-7-16(11-17(14)21(2)3)25(23,24)22-10-9-20-13-18(22)15-5-4-8-19-12-15;/h4-8,11-12,18,20H,9-10,13H2,1-3H3;1H. The summed E-state index contributed by atoms with van der Waals surface area (Å²) in [5, 5.41) is 3.28. The van der Waals surface area contributed by atoms with E-state index in [4.69, 9.17) is 0 Å². The quantitative estimate of drug-likeness (QED) is 0.858. The van der Waals surface area contributed by atoms with Gasteiger partial charge < -0.3 is 10.2 Å². The normalized spacial score (nSPS) is 18.2. The summed E-state index contributed by atoms with van der Waals surface area (Å²) in [5.41, 5.74) is 2.86. The number of halogens is 1. The van der Waals surface area contributed by atoms with Gasteiger partial charge in [-0.1, -0.05) is 12.1 Å². The van der Waals surface area contributed by atoms with E-state index in [0.29, 0.717) is 24.5 Å². The van der Waals surface area contributed by atoms with Crippen molar-refractivity contribution >= 4 is 28.1 Å². The molecule has 2 heterocycles. The van der Waals surface area contributed by atoms with Crippen molar-refractivity contribution in [1.29, 1.82) is 0 Å². The van der Waals surface area contributed by atoms with Crippen LogP contribution in [0.4, 0.5) is 5.69 Å². The molecule has 8 heteroatoms. The second-order valence-corrected chi connectivity index (χ2v) is 8.36. The lowest BCUT2D eigenvalue weighted by Crippen LogP contribution is -2.48. The molecule has 0 aliphatic carbocycles. The SMILES string of the molecule is Cc1ccc(S(=O)(=O)N2CCNCC2c2cccnc2)cc1N(C)C.Cl. The third-order valence-corrected chi connectivity index (χ3v) is 6.44. The van der Waals surface area contributed by atoms with Crippen molar-refractivity contribution in [3.63, 3.8) is 0 Å². The van der Waals surface area contributed by atoms with E-state index in [1.165, 1.54) is 0 Å². The molecule has 1 saturated heterocycles. The van der Waals surface area contributed by atoms with E-state index in [9.17, 15) is 8.42 Å². The van der Waals surface area contributed by atoms with Crippen molar-refractivity contribution in [3.05, 3.63) is 53.9 Å². The molecule has 26 heavy (non-hydrogen) atoms. The molecular weight excluding hydrogens is 372 g/mol. The van der Waals surface area contributed by atoms with Gasteiger partial charge in [0.05, 0.1) is 10.9 Å². The molecular formula is C18H25ClN4O2S. The first kappa shape index (κ1) is 20.6. The number of hydrogen-bond donors (Lipinski definition) is 1. The summed E-state index contributed by atoms with van der Waals surface area (Å²) in [4.78, 5) is 6.41. The van der Waals surface area contributed by atoms with Crippen LogP contribution in [-0.4, -0.2) is 51.4 Å². The fourth-order valence-corrected chi connectivity index (χ4v) is 4.83. The van der Waals surface area contributed by atoms with Crippen molar-refractivity contribution in [3.8, 4) is 0 Å². The highest BCUT2D eigenvalue weighted by Crippen LogP contribution is 2.30. The van der Waals surface area contributed by atoms with E-state index in [-0.39, 0.29) is 18.4 Å². The fourth-order valence-electron chi connectivity index (χ4n) is 3.20. The lowest BCUT2D eigenvalue weighted by molar-refractivity contribution is 0.271. The van der Waals surface area contributed by atoms with Gasteiger partial charge in [0.2, 0.25) is 10.0 Å². The zero-order valence-corrected chi connectivity index (χ0v) is 16.8. The predicted molar refractivity (Wildman–Crippen MR) is 106 cm³/mol. The number of pyridine rings is 1. The van der Waals surface area contributed by atoms with Gasteiger partial charge in [0, 0.05) is 51.8 Å². The molecule has 6 nitrogen and oxygen atoms in total. The van der Waals surface area contributed by atoms with Gasteiger partial charge in [0.1, 0.15) is 0 Å². The zero-order valence-electron chi connectivity index (χ0n) is 15.2. The molecule has 0 saturated carbocycles. The maximum Gasteiger partial charge on any atom is 0.243 e. The average molecular weight is 397 g/mol. The van der Waals surface area contributed by atoms with E-state index in [1.54, 1.807) is 28.8 Å². The topological polar surface area (TPSA) is 65.5 Å². The molecule has 1 unspecified atom stereocenters. The number of hydrogen-bond acceptors (Lipinski definition) is 5. The van der Waals surface area contributed by atoms with Crippen LogP contribution in [0, 0.1) is 6.92 Å². The largest absolute Gasteiger partial charge is 0.377 e. The van der Waals surface area contributed by atoms with Gasteiger partial charge in [-0.15, -0.1) is 12.4 Å². The van der Waals surface area contributed by atoms with E-state index < -0.39 is 10.0 Å². The summed E-state index contributed by atoms with van der Waals surface area (Å²) < 4.78 is 28.2. The Hall–Kier alpha value is -1.67. The molecule has 0 radical (unpaired) electrons. The Morgan fingerprint density at radius 2 is 2.04 bits per heavy atom. The van der Waals surface area contributed by atoms with Gasteiger partial charge >= 0.3 is 0 Å². The lowest BCUT2D eigenvalue weighted by atomic mass is 10.1. The molecule has 0 amide bonds. The first-order valence-corrected chi connectivity index (χ1v) is 9.76. The number of nitrogens with one attached hydrogen (secondary N) is 1. The molecule has 3 rings (SSSR count). The highest BCUT2D eigenvalue weighted by atomic mass is 35.5. The Bertz CT molecular complexity index is 844. The van der Waals surface area contributed by atoms with Crippen molar-refractivity contribution < 1.29 is 8.42 Å². The van der Waals surface area contributed by atoms with E-state index in [0.717, 1.165) is 16.8 Å². The maximum absolute atomic E-state index is 13.3. The number of anilines is 1. The van der Waals surface area contributed by atoms with Crippen molar-refractivity contribution in [2.45, 2.75) is 17.9 Å².